The Morgan fingerprint density at radius 2 is 2.35 bits per heavy atom. The molecule has 1 aliphatic rings. The smallest absolute Gasteiger partial charge is 0.239 e. The summed E-state index contributed by atoms with van der Waals surface area (Å²) in [7, 11) is 0. The molecular weight excluding hydrogens is 240 g/mol. The van der Waals surface area contributed by atoms with Gasteiger partial charge in [-0.15, -0.1) is 0 Å². The van der Waals surface area contributed by atoms with Gasteiger partial charge in [0.05, 0.1) is 6.54 Å². The van der Waals surface area contributed by atoms with Gasteiger partial charge >= 0.3 is 0 Å². The van der Waals surface area contributed by atoms with E-state index in [-0.39, 0.29) is 5.91 Å². The fraction of sp³-hybridized carbons (Fsp3) is 0.545. The number of nitrogens with one attached hydrogen (secondary N) is 1. The topological polar surface area (TPSA) is 58.1 Å². The second-order valence-corrected chi connectivity index (χ2v) is 4.37. The van der Waals surface area contributed by atoms with Crippen molar-refractivity contribution < 1.29 is 4.79 Å². The number of carbonyl (C=O) groups is 1. The maximum atomic E-state index is 11.3. The first-order valence-corrected chi connectivity index (χ1v) is 6.12. The Kier molecular flexibility index (Phi) is 3.78. The minimum atomic E-state index is 0.0167. The third-order valence-electron chi connectivity index (χ3n) is 2.56. The van der Waals surface area contributed by atoms with Crippen molar-refractivity contribution >= 4 is 23.3 Å². The molecule has 17 heavy (non-hydrogen) atoms. The number of aromatic nitrogens is 2. The lowest BCUT2D eigenvalue weighted by atomic mass is 10.3. The number of carbonyl (C=O) groups excluding carboxylic acids is 1. The molecule has 2 rings (SSSR count). The van der Waals surface area contributed by atoms with E-state index in [1.807, 2.05) is 4.90 Å². The normalized spacial score (nSPS) is 15.9. The number of aryl methyl sites for hydroxylation is 1. The van der Waals surface area contributed by atoms with Crippen LogP contribution in [0.1, 0.15) is 19.2 Å². The highest BCUT2D eigenvalue weighted by Crippen LogP contribution is 2.17. The van der Waals surface area contributed by atoms with E-state index in [9.17, 15) is 4.79 Å². The van der Waals surface area contributed by atoms with Gasteiger partial charge in [-0.25, -0.2) is 9.97 Å². The van der Waals surface area contributed by atoms with Crippen LogP contribution in [0.15, 0.2) is 6.07 Å². The molecule has 0 unspecified atom stereocenters. The summed E-state index contributed by atoms with van der Waals surface area (Å²) < 4.78 is 0. The molecule has 0 aliphatic carbocycles. The first kappa shape index (κ1) is 12.1. The number of hydrogen-bond acceptors (Lipinski definition) is 4. The van der Waals surface area contributed by atoms with Crippen LogP contribution < -0.4 is 10.2 Å². The van der Waals surface area contributed by atoms with Crippen molar-refractivity contribution in [1.29, 1.82) is 0 Å². The summed E-state index contributed by atoms with van der Waals surface area (Å²) in [5, 5.41) is 3.21. The Morgan fingerprint density at radius 3 is 3.06 bits per heavy atom. The number of piperazine rings is 1. The van der Waals surface area contributed by atoms with Crippen LogP contribution in [0.5, 0.6) is 0 Å². The van der Waals surface area contributed by atoms with Gasteiger partial charge in [-0.05, 0) is 6.42 Å². The van der Waals surface area contributed by atoms with E-state index >= 15 is 0 Å². The molecule has 1 saturated heterocycles. The van der Waals surface area contributed by atoms with Gasteiger partial charge < -0.3 is 10.2 Å². The van der Waals surface area contributed by atoms with Gasteiger partial charge in [-0.1, -0.05) is 18.5 Å². The van der Waals surface area contributed by atoms with E-state index in [2.05, 4.69) is 22.2 Å². The van der Waals surface area contributed by atoms with Crippen molar-refractivity contribution in [2.75, 3.05) is 24.5 Å². The third kappa shape index (κ3) is 3.06. The molecule has 0 saturated carbocycles. The van der Waals surface area contributed by atoms with E-state index in [0.29, 0.717) is 18.2 Å². The molecule has 5 nitrogen and oxygen atoms in total. The van der Waals surface area contributed by atoms with Gasteiger partial charge in [0, 0.05) is 25.6 Å². The fourth-order valence-corrected chi connectivity index (χ4v) is 1.98. The van der Waals surface area contributed by atoms with Crippen LogP contribution in [0.25, 0.3) is 0 Å². The zero-order chi connectivity index (χ0) is 12.3. The Morgan fingerprint density at radius 1 is 1.53 bits per heavy atom. The summed E-state index contributed by atoms with van der Waals surface area (Å²) >= 11 is 5.96. The molecule has 1 amide bonds. The average molecular weight is 255 g/mol. The lowest BCUT2D eigenvalue weighted by Gasteiger charge is -2.27. The zero-order valence-corrected chi connectivity index (χ0v) is 10.5. The molecule has 1 aromatic heterocycles. The SMILES string of the molecule is CCCc1nc(Cl)cc(N2CCNC(=O)C2)n1. The number of amides is 1. The first-order chi connectivity index (χ1) is 8.19. The molecule has 1 aliphatic heterocycles. The molecule has 0 spiro atoms. The summed E-state index contributed by atoms with van der Waals surface area (Å²) in [6.07, 6.45) is 1.77. The van der Waals surface area contributed by atoms with E-state index in [1.54, 1.807) is 6.07 Å². The highest BCUT2D eigenvalue weighted by Gasteiger charge is 2.18. The van der Waals surface area contributed by atoms with Crippen LogP contribution in [-0.2, 0) is 11.2 Å². The fourth-order valence-electron chi connectivity index (χ4n) is 1.78. The quantitative estimate of drug-likeness (QED) is 0.819. The predicted octanol–water partition coefficient (Wildman–Crippen LogP) is 1.02. The minimum Gasteiger partial charge on any atom is -0.353 e. The van der Waals surface area contributed by atoms with E-state index in [0.717, 1.165) is 31.0 Å². The van der Waals surface area contributed by atoms with Crippen molar-refractivity contribution in [3.05, 3.63) is 17.0 Å². The molecule has 1 fully saturated rings. The van der Waals surface area contributed by atoms with Crippen LogP contribution in [0.3, 0.4) is 0 Å². The van der Waals surface area contributed by atoms with Crippen LogP contribution in [0.4, 0.5) is 5.82 Å². The molecule has 0 aromatic carbocycles. The standard InChI is InChI=1S/C11H15ClN4O/c1-2-3-9-14-8(12)6-10(15-9)16-5-4-13-11(17)7-16/h6H,2-5,7H2,1H3,(H,13,17). The predicted molar refractivity (Wildman–Crippen MR) is 66.3 cm³/mol. The Hall–Kier alpha value is -1.36. The molecule has 0 atom stereocenters. The Labute approximate surface area is 105 Å². The largest absolute Gasteiger partial charge is 0.353 e. The van der Waals surface area contributed by atoms with Crippen LogP contribution in [0.2, 0.25) is 5.15 Å². The number of hydrogen-bond donors (Lipinski definition) is 1. The lowest BCUT2D eigenvalue weighted by molar-refractivity contribution is -0.120. The lowest BCUT2D eigenvalue weighted by Crippen LogP contribution is -2.48. The van der Waals surface area contributed by atoms with Crippen molar-refractivity contribution in [1.82, 2.24) is 15.3 Å². The van der Waals surface area contributed by atoms with Gasteiger partial charge in [0.25, 0.3) is 0 Å². The number of rotatable bonds is 3. The van der Waals surface area contributed by atoms with Gasteiger partial charge in [0.1, 0.15) is 16.8 Å². The van der Waals surface area contributed by atoms with Crippen LogP contribution >= 0.6 is 11.6 Å². The van der Waals surface area contributed by atoms with Crippen molar-refractivity contribution in [3.63, 3.8) is 0 Å². The van der Waals surface area contributed by atoms with Crippen LogP contribution in [0, 0.1) is 0 Å². The van der Waals surface area contributed by atoms with Crippen molar-refractivity contribution in [2.24, 2.45) is 0 Å². The molecule has 6 heteroatoms. The van der Waals surface area contributed by atoms with Gasteiger partial charge in [-0.2, -0.15) is 0 Å². The number of halogens is 1. The summed E-state index contributed by atoms with van der Waals surface area (Å²) in [5.41, 5.74) is 0. The summed E-state index contributed by atoms with van der Waals surface area (Å²) in [5.74, 6) is 1.49. The molecule has 1 aromatic rings. The van der Waals surface area contributed by atoms with Crippen molar-refractivity contribution in [3.8, 4) is 0 Å². The van der Waals surface area contributed by atoms with E-state index < -0.39 is 0 Å². The summed E-state index contributed by atoms with van der Waals surface area (Å²) in [6, 6.07) is 1.71. The zero-order valence-electron chi connectivity index (χ0n) is 9.74. The third-order valence-corrected chi connectivity index (χ3v) is 2.76. The van der Waals surface area contributed by atoms with Gasteiger partial charge in [-0.3, -0.25) is 4.79 Å². The van der Waals surface area contributed by atoms with E-state index in [1.165, 1.54) is 0 Å². The average Bonchev–Trinajstić information content (AvgIpc) is 2.28. The highest BCUT2D eigenvalue weighted by molar-refractivity contribution is 6.29. The van der Waals surface area contributed by atoms with Gasteiger partial charge in [0.15, 0.2) is 0 Å². The monoisotopic (exact) mass is 254 g/mol. The molecule has 1 N–H and O–H groups in total. The first-order valence-electron chi connectivity index (χ1n) is 5.74. The van der Waals surface area contributed by atoms with E-state index in [4.69, 9.17) is 11.6 Å². The molecule has 92 valence electrons. The molecule has 0 bridgehead atoms. The molecule has 2 heterocycles. The maximum absolute atomic E-state index is 11.3. The minimum absolute atomic E-state index is 0.0167. The molecule has 0 radical (unpaired) electrons. The second-order valence-electron chi connectivity index (χ2n) is 3.99. The Bertz CT molecular complexity index is 424. The molecular formula is C11H15ClN4O. The second kappa shape index (κ2) is 5.31. The van der Waals surface area contributed by atoms with Crippen molar-refractivity contribution in [2.45, 2.75) is 19.8 Å². The van der Waals surface area contributed by atoms with Crippen LogP contribution in [-0.4, -0.2) is 35.5 Å². The number of nitrogens with zero attached hydrogens (tertiary/aromatic N) is 3. The maximum Gasteiger partial charge on any atom is 0.239 e. The van der Waals surface area contributed by atoms with Gasteiger partial charge in [0.2, 0.25) is 5.91 Å². The summed E-state index contributed by atoms with van der Waals surface area (Å²) in [4.78, 5) is 21.8. The highest BCUT2D eigenvalue weighted by atomic mass is 35.5. The summed E-state index contributed by atoms with van der Waals surface area (Å²) in [6.45, 7) is 3.80. The number of anilines is 1. The Balaban J connectivity index is 2.21.